The van der Waals surface area contributed by atoms with Gasteiger partial charge >= 0.3 is 0 Å². The Morgan fingerprint density at radius 2 is 1.63 bits per heavy atom. The fourth-order valence-corrected chi connectivity index (χ4v) is 3.67. The number of hydrogen-bond acceptors (Lipinski definition) is 3. The zero-order valence-electron chi connectivity index (χ0n) is 15.9. The van der Waals surface area contributed by atoms with Crippen LogP contribution in [0.3, 0.4) is 0 Å². The first-order chi connectivity index (χ1) is 13.3. The number of nitrogens with one attached hydrogen (secondary N) is 2. The second kappa shape index (κ2) is 9.88. The number of thiazole rings is 1. The molecule has 0 aliphatic carbocycles. The first kappa shape index (κ1) is 19.1. The van der Waals surface area contributed by atoms with E-state index in [1.807, 2.05) is 6.20 Å². The molecule has 2 aromatic carbocycles. The van der Waals surface area contributed by atoms with Gasteiger partial charge < -0.3 is 10.6 Å². The van der Waals surface area contributed by atoms with E-state index in [-0.39, 0.29) is 5.92 Å². The minimum atomic E-state index is 0.262. The minimum Gasteiger partial charge on any atom is -0.357 e. The lowest BCUT2D eigenvalue weighted by molar-refractivity contribution is 0.729. The summed E-state index contributed by atoms with van der Waals surface area (Å²) in [6, 6.07) is 21.2. The highest BCUT2D eigenvalue weighted by molar-refractivity contribution is 7.11. The van der Waals surface area contributed by atoms with Crippen LogP contribution in [0.2, 0.25) is 0 Å². The van der Waals surface area contributed by atoms with Crippen LogP contribution < -0.4 is 10.6 Å². The molecule has 4 nitrogen and oxygen atoms in total. The molecule has 0 aliphatic heterocycles. The summed E-state index contributed by atoms with van der Waals surface area (Å²) in [5.74, 6) is 1.08. The summed E-state index contributed by atoms with van der Waals surface area (Å²) in [6.45, 7) is 6.34. The number of hydrogen-bond donors (Lipinski definition) is 2. The fourth-order valence-electron chi connectivity index (χ4n) is 2.96. The first-order valence-corrected chi connectivity index (χ1v) is 10.1. The van der Waals surface area contributed by atoms with Crippen molar-refractivity contribution in [1.29, 1.82) is 0 Å². The third-order valence-electron chi connectivity index (χ3n) is 4.26. The van der Waals surface area contributed by atoms with Crippen molar-refractivity contribution in [3.05, 3.63) is 87.9 Å². The zero-order chi connectivity index (χ0) is 18.9. The van der Waals surface area contributed by atoms with Crippen molar-refractivity contribution >= 4 is 17.3 Å². The van der Waals surface area contributed by atoms with Gasteiger partial charge in [0.2, 0.25) is 0 Å². The summed E-state index contributed by atoms with van der Waals surface area (Å²) in [6.07, 6.45) is 1.90. The predicted octanol–water partition coefficient (Wildman–Crippen LogP) is 4.34. The Hall–Kier alpha value is -2.66. The third kappa shape index (κ3) is 5.66. The van der Waals surface area contributed by atoms with Crippen LogP contribution in [-0.4, -0.2) is 24.0 Å². The quantitative estimate of drug-likeness (QED) is 0.475. The fraction of sp³-hybridized carbons (Fsp3) is 0.273. The van der Waals surface area contributed by atoms with E-state index < -0.39 is 0 Å². The number of aryl methyl sites for hydroxylation is 1. The van der Waals surface area contributed by atoms with Crippen LogP contribution in [0.5, 0.6) is 0 Å². The van der Waals surface area contributed by atoms with Gasteiger partial charge in [-0.1, -0.05) is 60.7 Å². The minimum absolute atomic E-state index is 0.262. The Bertz CT molecular complexity index is 804. The van der Waals surface area contributed by atoms with E-state index in [4.69, 9.17) is 4.99 Å². The second-order valence-electron chi connectivity index (χ2n) is 6.31. The van der Waals surface area contributed by atoms with Crippen molar-refractivity contribution in [2.45, 2.75) is 26.3 Å². The van der Waals surface area contributed by atoms with Gasteiger partial charge in [0.05, 0.1) is 6.54 Å². The highest BCUT2D eigenvalue weighted by atomic mass is 32.1. The van der Waals surface area contributed by atoms with E-state index in [2.05, 4.69) is 90.1 Å². The normalized spacial score (nSPS) is 11.6. The molecular weight excluding hydrogens is 352 g/mol. The Balaban J connectivity index is 1.73. The van der Waals surface area contributed by atoms with E-state index in [0.29, 0.717) is 6.54 Å². The zero-order valence-corrected chi connectivity index (χ0v) is 16.7. The van der Waals surface area contributed by atoms with E-state index >= 15 is 0 Å². The van der Waals surface area contributed by atoms with Gasteiger partial charge in [0.1, 0.15) is 5.01 Å². The van der Waals surface area contributed by atoms with Gasteiger partial charge in [-0.25, -0.2) is 9.98 Å². The molecule has 0 radical (unpaired) electrons. The van der Waals surface area contributed by atoms with E-state index in [0.717, 1.165) is 24.1 Å². The molecule has 0 aliphatic rings. The molecule has 0 bridgehead atoms. The lowest BCUT2D eigenvalue weighted by Crippen LogP contribution is -2.39. The molecule has 27 heavy (non-hydrogen) atoms. The van der Waals surface area contributed by atoms with Gasteiger partial charge in [-0.15, -0.1) is 11.3 Å². The smallest absolute Gasteiger partial charge is 0.191 e. The third-order valence-corrected chi connectivity index (χ3v) is 5.16. The molecule has 1 aromatic heterocycles. The molecule has 5 heteroatoms. The molecule has 0 saturated heterocycles. The number of aliphatic imine (C=N–C) groups is 1. The number of aromatic nitrogens is 1. The van der Waals surface area contributed by atoms with Gasteiger partial charge in [-0.3, -0.25) is 0 Å². The molecule has 0 atom stereocenters. The summed E-state index contributed by atoms with van der Waals surface area (Å²) >= 11 is 1.69. The summed E-state index contributed by atoms with van der Waals surface area (Å²) in [5.41, 5.74) is 2.59. The Morgan fingerprint density at radius 3 is 2.15 bits per heavy atom. The molecular formula is C22H26N4S. The van der Waals surface area contributed by atoms with Gasteiger partial charge in [0.25, 0.3) is 0 Å². The van der Waals surface area contributed by atoms with Crippen molar-refractivity contribution in [1.82, 2.24) is 15.6 Å². The Labute approximate surface area is 165 Å². The van der Waals surface area contributed by atoms with Crippen LogP contribution in [0.1, 0.15) is 33.9 Å². The number of nitrogens with zero attached hydrogens (tertiary/aromatic N) is 2. The predicted molar refractivity (Wildman–Crippen MR) is 114 cm³/mol. The van der Waals surface area contributed by atoms with Gasteiger partial charge in [0.15, 0.2) is 5.96 Å². The summed E-state index contributed by atoms with van der Waals surface area (Å²) < 4.78 is 0. The van der Waals surface area contributed by atoms with Crippen molar-refractivity contribution in [3.63, 3.8) is 0 Å². The molecule has 0 unspecified atom stereocenters. The average molecular weight is 379 g/mol. The maximum Gasteiger partial charge on any atom is 0.191 e. The molecule has 0 fully saturated rings. The lowest BCUT2D eigenvalue weighted by atomic mass is 9.91. The molecule has 0 amide bonds. The summed E-state index contributed by atoms with van der Waals surface area (Å²) in [5, 5.41) is 7.88. The number of rotatable bonds is 7. The van der Waals surface area contributed by atoms with Crippen LogP contribution in [0.25, 0.3) is 0 Å². The van der Waals surface area contributed by atoms with Gasteiger partial charge in [-0.05, 0) is 25.0 Å². The van der Waals surface area contributed by atoms with Gasteiger partial charge in [-0.2, -0.15) is 0 Å². The first-order valence-electron chi connectivity index (χ1n) is 9.29. The average Bonchev–Trinajstić information content (AvgIpc) is 3.13. The molecule has 0 spiro atoms. The Morgan fingerprint density at radius 1 is 1.00 bits per heavy atom. The lowest BCUT2D eigenvalue weighted by Gasteiger charge is -2.20. The topological polar surface area (TPSA) is 49.3 Å². The molecule has 140 valence electrons. The van der Waals surface area contributed by atoms with Crippen LogP contribution >= 0.6 is 11.3 Å². The highest BCUT2D eigenvalue weighted by Crippen LogP contribution is 2.23. The second-order valence-corrected chi connectivity index (χ2v) is 7.63. The number of benzene rings is 2. The van der Waals surface area contributed by atoms with E-state index in [1.54, 1.807) is 11.3 Å². The molecule has 3 aromatic rings. The number of guanidine groups is 1. The van der Waals surface area contributed by atoms with Crippen LogP contribution in [0, 0.1) is 6.92 Å². The van der Waals surface area contributed by atoms with E-state index in [1.165, 1.54) is 16.0 Å². The van der Waals surface area contributed by atoms with E-state index in [9.17, 15) is 0 Å². The van der Waals surface area contributed by atoms with Crippen molar-refractivity contribution in [3.8, 4) is 0 Å². The monoisotopic (exact) mass is 378 g/mol. The largest absolute Gasteiger partial charge is 0.357 e. The van der Waals surface area contributed by atoms with Crippen molar-refractivity contribution in [2.24, 2.45) is 4.99 Å². The summed E-state index contributed by atoms with van der Waals surface area (Å²) in [7, 11) is 0. The van der Waals surface area contributed by atoms with Gasteiger partial charge in [0, 0.05) is 30.1 Å². The highest BCUT2D eigenvalue weighted by Gasteiger charge is 2.14. The summed E-state index contributed by atoms with van der Waals surface area (Å²) in [4.78, 5) is 10.3. The Kier molecular flexibility index (Phi) is 6.99. The van der Waals surface area contributed by atoms with Crippen molar-refractivity contribution in [2.75, 3.05) is 13.1 Å². The molecule has 3 rings (SSSR count). The van der Waals surface area contributed by atoms with Crippen molar-refractivity contribution < 1.29 is 0 Å². The maximum absolute atomic E-state index is 4.70. The van der Waals surface area contributed by atoms with Crippen LogP contribution in [0.4, 0.5) is 0 Å². The molecule has 2 N–H and O–H groups in total. The molecule has 0 saturated carbocycles. The van der Waals surface area contributed by atoms with Crippen LogP contribution in [-0.2, 0) is 6.54 Å². The SMILES string of the molecule is CCNC(=NCc1ncc(C)s1)NCC(c1ccccc1)c1ccccc1. The van der Waals surface area contributed by atoms with Crippen LogP contribution in [0.15, 0.2) is 71.9 Å². The standard InChI is InChI=1S/C22H26N4S/c1-3-23-22(26-16-21-24-14-17(2)27-21)25-15-20(18-10-6-4-7-11-18)19-12-8-5-9-13-19/h4-14,20H,3,15-16H2,1-2H3,(H2,23,25,26). The maximum atomic E-state index is 4.70. The molecule has 1 heterocycles.